The third-order valence-corrected chi connectivity index (χ3v) is 2.01. The molecular formula is C8H22N4. The Kier molecular flexibility index (Phi) is 7.39. The fourth-order valence-corrected chi connectivity index (χ4v) is 1.17. The molecule has 0 rings (SSSR count). The van der Waals surface area contributed by atoms with E-state index in [1.54, 1.807) is 0 Å². The van der Waals surface area contributed by atoms with Crippen LogP contribution in [0.4, 0.5) is 0 Å². The summed E-state index contributed by atoms with van der Waals surface area (Å²) in [6.45, 7) is 3.08. The molecule has 0 aliphatic heterocycles. The molecule has 4 nitrogen and oxygen atoms in total. The third-order valence-electron chi connectivity index (χ3n) is 2.01. The summed E-state index contributed by atoms with van der Waals surface area (Å²) in [4.78, 5) is 0. The molecule has 0 saturated heterocycles. The standard InChI is InChI=1S/C8H22N4/c1-3-7(11-2)5-4-6-12-8(9)10/h7-8,11-12H,3-6,9-10H2,1-2H3/t7-/m1/s1. The lowest BCUT2D eigenvalue weighted by atomic mass is 10.1. The van der Waals surface area contributed by atoms with Gasteiger partial charge in [-0.15, -0.1) is 0 Å². The van der Waals surface area contributed by atoms with Gasteiger partial charge in [0.1, 0.15) is 6.29 Å². The van der Waals surface area contributed by atoms with Crippen molar-refractivity contribution in [1.82, 2.24) is 10.6 Å². The molecule has 0 fully saturated rings. The van der Waals surface area contributed by atoms with E-state index in [2.05, 4.69) is 17.6 Å². The number of rotatable bonds is 7. The average molecular weight is 174 g/mol. The molecule has 0 aromatic heterocycles. The number of hydrogen-bond acceptors (Lipinski definition) is 4. The molecule has 0 radical (unpaired) electrons. The van der Waals surface area contributed by atoms with Crippen molar-refractivity contribution in [3.05, 3.63) is 0 Å². The zero-order valence-corrected chi connectivity index (χ0v) is 8.14. The monoisotopic (exact) mass is 174 g/mol. The fourth-order valence-electron chi connectivity index (χ4n) is 1.17. The van der Waals surface area contributed by atoms with Crippen molar-refractivity contribution in [1.29, 1.82) is 0 Å². The van der Waals surface area contributed by atoms with Crippen LogP contribution in [-0.2, 0) is 0 Å². The summed E-state index contributed by atoms with van der Waals surface area (Å²) in [5, 5.41) is 6.23. The predicted molar refractivity (Wildman–Crippen MR) is 52.5 cm³/mol. The lowest BCUT2D eigenvalue weighted by Gasteiger charge is -2.14. The van der Waals surface area contributed by atoms with Gasteiger partial charge >= 0.3 is 0 Å². The minimum atomic E-state index is -0.375. The molecule has 0 amide bonds. The molecule has 4 heteroatoms. The zero-order chi connectivity index (χ0) is 9.40. The maximum Gasteiger partial charge on any atom is 0.106 e. The van der Waals surface area contributed by atoms with Gasteiger partial charge in [0, 0.05) is 6.04 Å². The highest BCUT2D eigenvalue weighted by Gasteiger charge is 2.01. The van der Waals surface area contributed by atoms with Crippen LogP contribution in [0.2, 0.25) is 0 Å². The molecular weight excluding hydrogens is 152 g/mol. The van der Waals surface area contributed by atoms with E-state index in [-0.39, 0.29) is 6.29 Å². The molecule has 0 saturated carbocycles. The maximum atomic E-state index is 5.33. The number of hydrogen-bond donors (Lipinski definition) is 4. The second-order valence-corrected chi connectivity index (χ2v) is 3.02. The Labute approximate surface area is 75.1 Å². The van der Waals surface area contributed by atoms with Crippen LogP contribution in [0, 0.1) is 0 Å². The second-order valence-electron chi connectivity index (χ2n) is 3.02. The largest absolute Gasteiger partial charge is 0.317 e. The SMILES string of the molecule is CC[C@H](CCCNC(N)N)NC. The summed E-state index contributed by atoms with van der Waals surface area (Å²) < 4.78 is 0. The highest BCUT2D eigenvalue weighted by Crippen LogP contribution is 1.99. The van der Waals surface area contributed by atoms with Gasteiger partial charge in [-0.3, -0.25) is 5.32 Å². The van der Waals surface area contributed by atoms with E-state index in [9.17, 15) is 0 Å². The van der Waals surface area contributed by atoms with E-state index in [0.29, 0.717) is 6.04 Å². The van der Waals surface area contributed by atoms with Gasteiger partial charge in [0.05, 0.1) is 0 Å². The topological polar surface area (TPSA) is 76.1 Å². The summed E-state index contributed by atoms with van der Waals surface area (Å²) in [5.74, 6) is 0. The fraction of sp³-hybridized carbons (Fsp3) is 1.00. The van der Waals surface area contributed by atoms with Crippen LogP contribution in [0.3, 0.4) is 0 Å². The Bertz CT molecular complexity index is 91.1. The molecule has 0 aromatic rings. The minimum absolute atomic E-state index is 0.375. The normalized spacial score (nSPS) is 13.8. The van der Waals surface area contributed by atoms with Gasteiger partial charge in [-0.2, -0.15) is 0 Å². The summed E-state index contributed by atoms with van der Waals surface area (Å²) in [7, 11) is 2.00. The van der Waals surface area contributed by atoms with E-state index in [0.717, 1.165) is 13.0 Å². The zero-order valence-electron chi connectivity index (χ0n) is 8.14. The predicted octanol–water partition coefficient (Wildman–Crippen LogP) is -0.445. The third kappa shape index (κ3) is 6.54. The molecule has 0 aromatic carbocycles. The van der Waals surface area contributed by atoms with Crippen molar-refractivity contribution in [3.63, 3.8) is 0 Å². The van der Waals surface area contributed by atoms with Crippen molar-refractivity contribution in [2.75, 3.05) is 13.6 Å². The van der Waals surface area contributed by atoms with Crippen LogP contribution in [0.15, 0.2) is 0 Å². The molecule has 6 N–H and O–H groups in total. The van der Waals surface area contributed by atoms with Gasteiger partial charge in [0.2, 0.25) is 0 Å². The average Bonchev–Trinajstić information content (AvgIpc) is 2.04. The van der Waals surface area contributed by atoms with Gasteiger partial charge < -0.3 is 16.8 Å². The van der Waals surface area contributed by atoms with Gasteiger partial charge in [0.15, 0.2) is 0 Å². The van der Waals surface area contributed by atoms with Crippen molar-refractivity contribution in [2.45, 2.75) is 38.5 Å². The Balaban J connectivity index is 3.17. The number of nitrogens with one attached hydrogen (secondary N) is 2. The summed E-state index contributed by atoms with van der Waals surface area (Å²) in [6, 6.07) is 0.626. The van der Waals surface area contributed by atoms with Crippen molar-refractivity contribution >= 4 is 0 Å². The van der Waals surface area contributed by atoms with E-state index in [1.807, 2.05) is 7.05 Å². The Morgan fingerprint density at radius 2 is 2.00 bits per heavy atom. The van der Waals surface area contributed by atoms with E-state index < -0.39 is 0 Å². The van der Waals surface area contributed by atoms with E-state index in [1.165, 1.54) is 12.8 Å². The molecule has 12 heavy (non-hydrogen) atoms. The van der Waals surface area contributed by atoms with E-state index in [4.69, 9.17) is 11.5 Å². The van der Waals surface area contributed by atoms with Gasteiger partial charge in [0.25, 0.3) is 0 Å². The first kappa shape index (κ1) is 11.8. The van der Waals surface area contributed by atoms with Gasteiger partial charge in [-0.25, -0.2) is 0 Å². The summed E-state index contributed by atoms with van der Waals surface area (Å²) >= 11 is 0. The van der Waals surface area contributed by atoms with Crippen molar-refractivity contribution < 1.29 is 0 Å². The van der Waals surface area contributed by atoms with Crippen molar-refractivity contribution in [3.8, 4) is 0 Å². The molecule has 74 valence electrons. The van der Waals surface area contributed by atoms with Gasteiger partial charge in [-0.05, 0) is 32.9 Å². The Hall–Kier alpha value is -0.160. The summed E-state index contributed by atoms with van der Waals surface area (Å²) in [5.41, 5.74) is 10.7. The van der Waals surface area contributed by atoms with Gasteiger partial charge in [-0.1, -0.05) is 6.92 Å². The molecule has 0 spiro atoms. The Morgan fingerprint density at radius 1 is 1.33 bits per heavy atom. The molecule has 0 unspecified atom stereocenters. The smallest absolute Gasteiger partial charge is 0.106 e. The van der Waals surface area contributed by atoms with E-state index >= 15 is 0 Å². The molecule has 1 atom stereocenters. The molecule has 0 heterocycles. The van der Waals surface area contributed by atoms with Crippen LogP contribution in [-0.4, -0.2) is 25.9 Å². The summed E-state index contributed by atoms with van der Waals surface area (Å²) in [6.07, 6.45) is 3.09. The Morgan fingerprint density at radius 3 is 2.42 bits per heavy atom. The lowest BCUT2D eigenvalue weighted by molar-refractivity contribution is 0.459. The quantitative estimate of drug-likeness (QED) is 0.312. The minimum Gasteiger partial charge on any atom is -0.317 e. The first-order valence-corrected chi connectivity index (χ1v) is 4.62. The lowest BCUT2D eigenvalue weighted by Crippen LogP contribution is -2.45. The first-order chi connectivity index (χ1) is 5.70. The van der Waals surface area contributed by atoms with Crippen LogP contribution in [0.1, 0.15) is 26.2 Å². The molecule has 0 aliphatic carbocycles. The van der Waals surface area contributed by atoms with Crippen LogP contribution < -0.4 is 22.1 Å². The highest BCUT2D eigenvalue weighted by molar-refractivity contribution is 4.62. The van der Waals surface area contributed by atoms with Crippen molar-refractivity contribution in [2.24, 2.45) is 11.5 Å². The number of nitrogens with two attached hydrogens (primary N) is 2. The molecule has 0 bridgehead atoms. The highest BCUT2D eigenvalue weighted by atomic mass is 15.1. The maximum absolute atomic E-state index is 5.33. The van der Waals surface area contributed by atoms with Crippen LogP contribution in [0.5, 0.6) is 0 Å². The second kappa shape index (κ2) is 7.49. The first-order valence-electron chi connectivity index (χ1n) is 4.62. The van der Waals surface area contributed by atoms with Crippen LogP contribution in [0.25, 0.3) is 0 Å². The molecule has 0 aliphatic rings. The van der Waals surface area contributed by atoms with Crippen LogP contribution >= 0.6 is 0 Å².